The molecule has 0 radical (unpaired) electrons. The van der Waals surface area contributed by atoms with Crippen molar-refractivity contribution in [3.05, 3.63) is 23.5 Å². The number of hydrogen-bond donors (Lipinski definition) is 0. The first kappa shape index (κ1) is 11.4. The van der Waals surface area contributed by atoms with Gasteiger partial charge in [-0.3, -0.25) is 4.98 Å². The molecule has 2 nitrogen and oxygen atoms in total. The van der Waals surface area contributed by atoms with Gasteiger partial charge in [0.2, 0.25) is 0 Å². The lowest BCUT2D eigenvalue weighted by atomic mass is 9.95. The quantitative estimate of drug-likeness (QED) is 0.767. The van der Waals surface area contributed by atoms with Crippen molar-refractivity contribution in [2.45, 2.75) is 58.5 Å². The molecule has 0 unspecified atom stereocenters. The van der Waals surface area contributed by atoms with E-state index in [1.165, 1.54) is 24.1 Å². The first-order valence-electron chi connectivity index (χ1n) is 6.24. The standard InChI is InChI=1S/C14H21NO/c1-9(2)13-7-12(16-11-5-6-11)8-15-14(13)10(3)4/h7-11H,5-6H2,1-4H3. The largest absolute Gasteiger partial charge is 0.489 e. The van der Waals surface area contributed by atoms with Crippen LogP contribution >= 0.6 is 0 Å². The molecule has 2 rings (SSSR count). The summed E-state index contributed by atoms with van der Waals surface area (Å²) in [6.45, 7) is 8.80. The minimum absolute atomic E-state index is 0.451. The van der Waals surface area contributed by atoms with E-state index < -0.39 is 0 Å². The van der Waals surface area contributed by atoms with Crippen molar-refractivity contribution in [1.29, 1.82) is 0 Å². The highest BCUT2D eigenvalue weighted by atomic mass is 16.5. The highest BCUT2D eigenvalue weighted by molar-refractivity contribution is 5.33. The maximum atomic E-state index is 5.79. The topological polar surface area (TPSA) is 22.1 Å². The zero-order chi connectivity index (χ0) is 11.7. The maximum Gasteiger partial charge on any atom is 0.138 e. The summed E-state index contributed by atoms with van der Waals surface area (Å²) in [6, 6.07) is 2.17. The van der Waals surface area contributed by atoms with Crippen LogP contribution in [-0.4, -0.2) is 11.1 Å². The lowest BCUT2D eigenvalue weighted by Gasteiger charge is -2.16. The predicted molar refractivity (Wildman–Crippen MR) is 66.1 cm³/mol. The Labute approximate surface area is 98.0 Å². The smallest absolute Gasteiger partial charge is 0.138 e. The van der Waals surface area contributed by atoms with Crippen molar-refractivity contribution in [1.82, 2.24) is 4.98 Å². The van der Waals surface area contributed by atoms with Gasteiger partial charge in [-0.25, -0.2) is 0 Å². The SMILES string of the molecule is CC(C)c1cc(OC2CC2)cnc1C(C)C. The zero-order valence-corrected chi connectivity index (χ0v) is 10.7. The van der Waals surface area contributed by atoms with Crippen molar-refractivity contribution < 1.29 is 4.74 Å². The van der Waals surface area contributed by atoms with E-state index in [1.807, 2.05) is 6.20 Å². The Kier molecular flexibility index (Phi) is 3.17. The van der Waals surface area contributed by atoms with Gasteiger partial charge in [0, 0.05) is 5.69 Å². The summed E-state index contributed by atoms with van der Waals surface area (Å²) in [6.07, 6.45) is 4.72. The minimum Gasteiger partial charge on any atom is -0.489 e. The molecule has 1 fully saturated rings. The Hall–Kier alpha value is -1.05. The van der Waals surface area contributed by atoms with Gasteiger partial charge in [-0.05, 0) is 36.3 Å². The van der Waals surface area contributed by atoms with Gasteiger partial charge in [0.25, 0.3) is 0 Å². The maximum absolute atomic E-state index is 5.79. The van der Waals surface area contributed by atoms with Crippen LogP contribution in [0.25, 0.3) is 0 Å². The molecule has 16 heavy (non-hydrogen) atoms. The summed E-state index contributed by atoms with van der Waals surface area (Å²) in [5.74, 6) is 1.93. The Morgan fingerprint density at radius 1 is 1.19 bits per heavy atom. The summed E-state index contributed by atoms with van der Waals surface area (Å²) in [7, 11) is 0. The van der Waals surface area contributed by atoms with E-state index in [0.717, 1.165) is 5.75 Å². The fourth-order valence-corrected chi connectivity index (χ4v) is 1.86. The van der Waals surface area contributed by atoms with Gasteiger partial charge in [0.05, 0.1) is 12.3 Å². The molecule has 0 N–H and O–H groups in total. The molecule has 1 heterocycles. The summed E-state index contributed by atoms with van der Waals surface area (Å²) >= 11 is 0. The molecule has 2 heteroatoms. The van der Waals surface area contributed by atoms with E-state index >= 15 is 0 Å². The van der Waals surface area contributed by atoms with Crippen LogP contribution in [0.4, 0.5) is 0 Å². The number of hydrogen-bond acceptors (Lipinski definition) is 2. The van der Waals surface area contributed by atoms with Gasteiger partial charge in [-0.2, -0.15) is 0 Å². The van der Waals surface area contributed by atoms with Crippen LogP contribution in [0.2, 0.25) is 0 Å². The van der Waals surface area contributed by atoms with Crippen LogP contribution in [0, 0.1) is 0 Å². The molecule has 0 bridgehead atoms. The van der Waals surface area contributed by atoms with Crippen LogP contribution in [0.5, 0.6) is 5.75 Å². The van der Waals surface area contributed by atoms with Crippen LogP contribution in [-0.2, 0) is 0 Å². The lowest BCUT2D eigenvalue weighted by Crippen LogP contribution is -2.04. The molecule has 1 saturated carbocycles. The number of aromatic nitrogens is 1. The molecule has 1 aliphatic carbocycles. The average molecular weight is 219 g/mol. The van der Waals surface area contributed by atoms with Gasteiger partial charge in [-0.1, -0.05) is 27.7 Å². The van der Waals surface area contributed by atoms with Crippen molar-refractivity contribution in [3.63, 3.8) is 0 Å². The Bertz CT molecular complexity index is 367. The van der Waals surface area contributed by atoms with E-state index in [9.17, 15) is 0 Å². The second kappa shape index (κ2) is 4.44. The van der Waals surface area contributed by atoms with Gasteiger partial charge in [0.15, 0.2) is 0 Å². The first-order valence-corrected chi connectivity index (χ1v) is 6.24. The number of ether oxygens (including phenoxy) is 1. The molecule has 0 aliphatic heterocycles. The van der Waals surface area contributed by atoms with Gasteiger partial charge in [-0.15, -0.1) is 0 Å². The molecule has 0 aromatic carbocycles. The summed E-state index contributed by atoms with van der Waals surface area (Å²) < 4.78 is 5.79. The predicted octanol–water partition coefficient (Wildman–Crippen LogP) is 3.87. The van der Waals surface area contributed by atoms with Gasteiger partial charge in [0.1, 0.15) is 5.75 Å². The molecule has 1 aromatic rings. The second-order valence-electron chi connectivity index (χ2n) is 5.27. The van der Waals surface area contributed by atoms with Crippen molar-refractivity contribution >= 4 is 0 Å². The van der Waals surface area contributed by atoms with Crippen molar-refractivity contribution in [2.24, 2.45) is 0 Å². The third-order valence-corrected chi connectivity index (χ3v) is 2.92. The van der Waals surface area contributed by atoms with E-state index in [1.54, 1.807) is 0 Å². The van der Waals surface area contributed by atoms with Crippen LogP contribution in [0.15, 0.2) is 12.3 Å². The van der Waals surface area contributed by atoms with Crippen molar-refractivity contribution in [2.75, 3.05) is 0 Å². The average Bonchev–Trinajstić information content (AvgIpc) is 3.01. The summed E-state index contributed by atoms with van der Waals surface area (Å²) in [5.41, 5.74) is 2.53. The van der Waals surface area contributed by atoms with Crippen LogP contribution < -0.4 is 4.74 Å². The fraction of sp³-hybridized carbons (Fsp3) is 0.643. The fourth-order valence-electron chi connectivity index (χ4n) is 1.86. The van der Waals surface area contributed by atoms with E-state index in [0.29, 0.717) is 17.9 Å². The second-order valence-corrected chi connectivity index (χ2v) is 5.27. The monoisotopic (exact) mass is 219 g/mol. The molecule has 0 amide bonds. The van der Waals surface area contributed by atoms with Gasteiger partial charge >= 0.3 is 0 Å². The van der Waals surface area contributed by atoms with Crippen LogP contribution in [0.1, 0.15) is 63.6 Å². The summed E-state index contributed by atoms with van der Waals surface area (Å²) in [4.78, 5) is 4.56. The highest BCUT2D eigenvalue weighted by Crippen LogP contribution is 2.31. The summed E-state index contributed by atoms with van der Waals surface area (Å²) in [5, 5.41) is 0. The third-order valence-electron chi connectivity index (χ3n) is 2.92. The molecule has 88 valence electrons. The Balaban J connectivity index is 2.26. The van der Waals surface area contributed by atoms with Crippen molar-refractivity contribution in [3.8, 4) is 5.75 Å². The molecular weight excluding hydrogens is 198 g/mol. The molecule has 0 atom stereocenters. The lowest BCUT2D eigenvalue weighted by molar-refractivity contribution is 0.301. The normalized spacial score (nSPS) is 15.9. The highest BCUT2D eigenvalue weighted by Gasteiger charge is 2.24. The number of pyridine rings is 1. The zero-order valence-electron chi connectivity index (χ0n) is 10.7. The van der Waals surface area contributed by atoms with Gasteiger partial charge < -0.3 is 4.74 Å². The van der Waals surface area contributed by atoms with Crippen LogP contribution in [0.3, 0.4) is 0 Å². The number of nitrogens with zero attached hydrogens (tertiary/aromatic N) is 1. The molecule has 0 spiro atoms. The Morgan fingerprint density at radius 2 is 1.88 bits per heavy atom. The van der Waals surface area contributed by atoms with E-state index in [-0.39, 0.29) is 0 Å². The molecular formula is C14H21NO. The third kappa shape index (κ3) is 2.55. The first-order chi connectivity index (χ1) is 7.58. The molecule has 0 saturated heterocycles. The van der Waals surface area contributed by atoms with E-state index in [4.69, 9.17) is 4.74 Å². The Morgan fingerprint density at radius 3 is 2.38 bits per heavy atom. The number of rotatable bonds is 4. The van der Waals surface area contributed by atoms with E-state index in [2.05, 4.69) is 38.7 Å². The molecule has 1 aromatic heterocycles. The minimum atomic E-state index is 0.451. The molecule has 1 aliphatic rings.